The molecule has 122 valence electrons. The summed E-state index contributed by atoms with van der Waals surface area (Å²) in [5.74, 6) is 0.362. The number of nitrogens with one attached hydrogen (secondary N) is 1. The van der Waals surface area contributed by atoms with Gasteiger partial charge in [-0.05, 0) is 37.6 Å². The number of phenolic OH excluding ortho intramolecular Hbond substituents is 1. The molecule has 2 aromatic rings. The molecule has 0 aliphatic carbocycles. The molecule has 1 atom stereocenters. The molecule has 1 aliphatic rings. The van der Waals surface area contributed by atoms with E-state index in [1.807, 2.05) is 32.0 Å². The van der Waals surface area contributed by atoms with Gasteiger partial charge >= 0.3 is 0 Å². The van der Waals surface area contributed by atoms with Gasteiger partial charge in [0.15, 0.2) is 5.78 Å². The van der Waals surface area contributed by atoms with Gasteiger partial charge in [-0.1, -0.05) is 12.1 Å². The lowest BCUT2D eigenvalue weighted by Crippen LogP contribution is -2.41. The van der Waals surface area contributed by atoms with E-state index < -0.39 is 0 Å². The van der Waals surface area contributed by atoms with Crippen molar-refractivity contribution in [3.8, 4) is 5.75 Å². The summed E-state index contributed by atoms with van der Waals surface area (Å²) in [5, 5.41) is 9.61. The number of phenols is 1. The van der Waals surface area contributed by atoms with Crippen molar-refractivity contribution >= 4 is 5.78 Å². The van der Waals surface area contributed by atoms with Crippen LogP contribution in [0.3, 0.4) is 0 Å². The standard InChI is InChI=1S/C18H22N2O3/c1-12-8-16(13(2)19-12)17(22)10-20-6-7-23-18(11-20)14-4-3-5-15(21)9-14/h3-5,8-9,18-19,21H,6-7,10-11H2,1-2H3. The summed E-state index contributed by atoms with van der Waals surface area (Å²) in [6, 6.07) is 9.02. The number of nitrogens with zero attached hydrogens (tertiary/aromatic N) is 1. The molecule has 1 aromatic heterocycles. The third-order valence-electron chi connectivity index (χ3n) is 4.21. The Hall–Kier alpha value is -2.11. The first-order valence-corrected chi connectivity index (χ1v) is 7.85. The van der Waals surface area contributed by atoms with E-state index in [0.29, 0.717) is 19.7 Å². The molecule has 3 rings (SSSR count). The van der Waals surface area contributed by atoms with Crippen LogP contribution in [0.2, 0.25) is 0 Å². The summed E-state index contributed by atoms with van der Waals surface area (Å²) < 4.78 is 5.79. The maximum atomic E-state index is 12.5. The predicted molar refractivity (Wildman–Crippen MR) is 87.8 cm³/mol. The van der Waals surface area contributed by atoms with Crippen LogP contribution in [0.15, 0.2) is 30.3 Å². The Morgan fingerprint density at radius 2 is 2.22 bits per heavy atom. The van der Waals surface area contributed by atoms with Gasteiger partial charge < -0.3 is 14.8 Å². The average molecular weight is 314 g/mol. The Bertz CT molecular complexity index is 708. The van der Waals surface area contributed by atoms with Crippen molar-refractivity contribution in [3.63, 3.8) is 0 Å². The molecule has 0 bridgehead atoms. The minimum Gasteiger partial charge on any atom is -0.508 e. The number of hydrogen-bond acceptors (Lipinski definition) is 4. The van der Waals surface area contributed by atoms with Crippen LogP contribution >= 0.6 is 0 Å². The SMILES string of the molecule is Cc1cc(C(=O)CN2CCOC(c3cccc(O)c3)C2)c(C)[nH]1. The van der Waals surface area contributed by atoms with Gasteiger partial charge in [-0.2, -0.15) is 0 Å². The first-order chi connectivity index (χ1) is 11.0. The van der Waals surface area contributed by atoms with Crippen LogP contribution in [-0.2, 0) is 4.74 Å². The summed E-state index contributed by atoms with van der Waals surface area (Å²) in [5.41, 5.74) is 3.63. The van der Waals surface area contributed by atoms with E-state index in [4.69, 9.17) is 4.74 Å². The van der Waals surface area contributed by atoms with Crippen molar-refractivity contribution in [2.75, 3.05) is 26.2 Å². The first kappa shape index (κ1) is 15.8. The highest BCUT2D eigenvalue weighted by Gasteiger charge is 2.24. The predicted octanol–water partition coefficient (Wildman–Crippen LogP) is 2.59. The molecular formula is C18H22N2O3. The van der Waals surface area contributed by atoms with Crippen LogP contribution < -0.4 is 0 Å². The Kier molecular flexibility index (Phi) is 4.50. The number of aromatic amines is 1. The van der Waals surface area contributed by atoms with Crippen LogP contribution in [0, 0.1) is 13.8 Å². The Morgan fingerprint density at radius 3 is 2.91 bits per heavy atom. The number of ether oxygens (including phenoxy) is 1. The minimum absolute atomic E-state index is 0.113. The quantitative estimate of drug-likeness (QED) is 0.851. The van der Waals surface area contributed by atoms with Crippen molar-refractivity contribution < 1.29 is 14.6 Å². The fourth-order valence-electron chi connectivity index (χ4n) is 3.07. The second kappa shape index (κ2) is 6.56. The second-order valence-electron chi connectivity index (χ2n) is 6.10. The Balaban J connectivity index is 1.67. The number of rotatable bonds is 4. The normalized spacial score (nSPS) is 19.0. The number of carbonyl (C=O) groups excluding carboxylic acids is 1. The van der Waals surface area contributed by atoms with E-state index in [0.717, 1.165) is 29.1 Å². The summed E-state index contributed by atoms with van der Waals surface area (Å²) >= 11 is 0. The van der Waals surface area contributed by atoms with Crippen LogP contribution in [-0.4, -0.2) is 47.0 Å². The van der Waals surface area contributed by atoms with Crippen molar-refractivity contribution in [1.29, 1.82) is 0 Å². The fourth-order valence-corrected chi connectivity index (χ4v) is 3.07. The van der Waals surface area contributed by atoms with Gasteiger partial charge in [-0.15, -0.1) is 0 Å². The smallest absolute Gasteiger partial charge is 0.178 e. The van der Waals surface area contributed by atoms with Crippen molar-refractivity contribution in [1.82, 2.24) is 9.88 Å². The minimum atomic E-state index is -0.113. The third kappa shape index (κ3) is 3.63. The highest BCUT2D eigenvalue weighted by atomic mass is 16.5. The zero-order valence-electron chi connectivity index (χ0n) is 13.5. The molecule has 1 aliphatic heterocycles. The van der Waals surface area contributed by atoms with Crippen LogP contribution in [0.4, 0.5) is 0 Å². The van der Waals surface area contributed by atoms with Gasteiger partial charge in [0.1, 0.15) is 5.75 Å². The van der Waals surface area contributed by atoms with E-state index in [-0.39, 0.29) is 17.6 Å². The molecule has 5 heteroatoms. The van der Waals surface area contributed by atoms with Gasteiger partial charge in [0.25, 0.3) is 0 Å². The maximum Gasteiger partial charge on any atom is 0.178 e. The van der Waals surface area contributed by atoms with E-state index in [2.05, 4.69) is 9.88 Å². The molecule has 0 amide bonds. The van der Waals surface area contributed by atoms with E-state index in [1.165, 1.54) is 0 Å². The van der Waals surface area contributed by atoms with Crippen molar-refractivity contribution in [2.24, 2.45) is 0 Å². The van der Waals surface area contributed by atoms with Crippen LogP contribution in [0.5, 0.6) is 5.75 Å². The highest BCUT2D eigenvalue weighted by molar-refractivity contribution is 5.98. The summed E-state index contributed by atoms with van der Waals surface area (Å²) in [6.07, 6.45) is -0.113. The molecule has 23 heavy (non-hydrogen) atoms. The topological polar surface area (TPSA) is 65.6 Å². The molecule has 2 heterocycles. The second-order valence-corrected chi connectivity index (χ2v) is 6.10. The number of hydrogen-bond donors (Lipinski definition) is 2. The number of morpholine rings is 1. The van der Waals surface area contributed by atoms with E-state index >= 15 is 0 Å². The number of Topliss-reactive ketones (excluding diaryl/α,β-unsaturated/α-hetero) is 1. The summed E-state index contributed by atoms with van der Waals surface area (Å²) in [7, 11) is 0. The highest BCUT2D eigenvalue weighted by Crippen LogP contribution is 2.25. The summed E-state index contributed by atoms with van der Waals surface area (Å²) in [4.78, 5) is 17.8. The molecule has 0 spiro atoms. The average Bonchev–Trinajstić information content (AvgIpc) is 2.86. The molecular weight excluding hydrogens is 292 g/mol. The zero-order valence-corrected chi connectivity index (χ0v) is 13.5. The van der Waals surface area contributed by atoms with Gasteiger partial charge in [0, 0.05) is 30.0 Å². The van der Waals surface area contributed by atoms with E-state index in [9.17, 15) is 9.90 Å². The van der Waals surface area contributed by atoms with Gasteiger partial charge in [-0.3, -0.25) is 9.69 Å². The number of aryl methyl sites for hydroxylation is 2. The molecule has 1 unspecified atom stereocenters. The number of aromatic nitrogens is 1. The maximum absolute atomic E-state index is 12.5. The zero-order chi connectivity index (χ0) is 16.4. The fraction of sp³-hybridized carbons (Fsp3) is 0.389. The molecule has 2 N–H and O–H groups in total. The van der Waals surface area contributed by atoms with Crippen molar-refractivity contribution in [2.45, 2.75) is 20.0 Å². The lowest BCUT2D eigenvalue weighted by molar-refractivity contribution is -0.0275. The van der Waals surface area contributed by atoms with Crippen LogP contribution in [0.1, 0.15) is 33.4 Å². The van der Waals surface area contributed by atoms with Crippen molar-refractivity contribution in [3.05, 3.63) is 52.8 Å². The number of ketones is 1. The molecule has 1 aromatic carbocycles. The monoisotopic (exact) mass is 314 g/mol. The van der Waals surface area contributed by atoms with Gasteiger partial charge in [0.05, 0.1) is 19.3 Å². The van der Waals surface area contributed by atoms with E-state index in [1.54, 1.807) is 12.1 Å². The Labute approximate surface area is 135 Å². The lowest BCUT2D eigenvalue weighted by Gasteiger charge is -2.32. The molecule has 5 nitrogen and oxygen atoms in total. The Morgan fingerprint density at radius 1 is 1.39 bits per heavy atom. The largest absolute Gasteiger partial charge is 0.508 e. The molecule has 0 saturated carbocycles. The number of H-pyrrole nitrogens is 1. The molecule has 1 saturated heterocycles. The van der Waals surface area contributed by atoms with Gasteiger partial charge in [0.2, 0.25) is 0 Å². The van der Waals surface area contributed by atoms with Crippen LogP contribution in [0.25, 0.3) is 0 Å². The van der Waals surface area contributed by atoms with Gasteiger partial charge in [-0.25, -0.2) is 0 Å². The molecule has 1 fully saturated rings. The number of carbonyl (C=O) groups is 1. The summed E-state index contributed by atoms with van der Waals surface area (Å²) in [6.45, 7) is 6.24. The number of benzene rings is 1. The number of aromatic hydroxyl groups is 1. The first-order valence-electron chi connectivity index (χ1n) is 7.85. The molecule has 0 radical (unpaired) electrons. The lowest BCUT2D eigenvalue weighted by atomic mass is 10.1. The third-order valence-corrected chi connectivity index (χ3v) is 4.21.